The van der Waals surface area contributed by atoms with Gasteiger partial charge >= 0.3 is 0 Å². The average Bonchev–Trinajstić information content (AvgIpc) is 3.37. The van der Waals surface area contributed by atoms with E-state index < -0.39 is 0 Å². The zero-order chi connectivity index (χ0) is 31.9. The van der Waals surface area contributed by atoms with Crippen LogP contribution < -0.4 is 45.1 Å². The number of nitrogens with one attached hydrogen (secondary N) is 3. The number of amides is 2. The summed E-state index contributed by atoms with van der Waals surface area (Å²) in [6.07, 6.45) is 3.89. The smallest absolute Gasteiger partial charge is 0.231 e. The zero-order valence-electron chi connectivity index (χ0n) is 26.0. The molecule has 45 heavy (non-hydrogen) atoms. The van der Waals surface area contributed by atoms with E-state index in [9.17, 15) is 14.4 Å². The van der Waals surface area contributed by atoms with Crippen molar-refractivity contribution in [3.63, 3.8) is 0 Å². The molecule has 0 spiro atoms. The number of carbonyl (C=O) groups is 2. The van der Waals surface area contributed by atoms with E-state index in [2.05, 4.69) is 16.0 Å². The van der Waals surface area contributed by atoms with Gasteiger partial charge in [-0.25, -0.2) is 0 Å². The molecular formula is C34H39N3O8. The third-order valence-electron chi connectivity index (χ3n) is 7.97. The van der Waals surface area contributed by atoms with Gasteiger partial charge in [-0.1, -0.05) is 12.5 Å². The van der Waals surface area contributed by atoms with E-state index in [4.69, 9.17) is 23.7 Å². The fourth-order valence-corrected chi connectivity index (χ4v) is 5.86. The van der Waals surface area contributed by atoms with Crippen LogP contribution in [-0.2, 0) is 16.0 Å². The summed E-state index contributed by atoms with van der Waals surface area (Å²) >= 11 is 0. The number of unbranched alkanes of at least 4 members (excludes halogenated alkanes) is 2. The molecule has 2 aliphatic rings. The summed E-state index contributed by atoms with van der Waals surface area (Å²) in [5.74, 6) is 2.55. The predicted octanol–water partition coefficient (Wildman–Crippen LogP) is 5.20. The largest absolute Gasteiger partial charge is 0.493 e. The maximum atomic E-state index is 13.5. The highest BCUT2D eigenvalue weighted by Crippen LogP contribution is 2.50. The van der Waals surface area contributed by atoms with Gasteiger partial charge in [0.2, 0.25) is 29.8 Å². The van der Waals surface area contributed by atoms with E-state index in [1.165, 1.54) is 6.92 Å². The monoisotopic (exact) mass is 617 g/mol. The average molecular weight is 618 g/mol. The van der Waals surface area contributed by atoms with Crippen molar-refractivity contribution in [1.29, 1.82) is 0 Å². The predicted molar refractivity (Wildman–Crippen MR) is 171 cm³/mol. The number of fused-ring (bicyclic) bond motifs is 4. The van der Waals surface area contributed by atoms with Gasteiger partial charge in [0, 0.05) is 37.2 Å². The Balaban J connectivity index is 1.28. The number of ether oxygens (including phenoxy) is 5. The highest BCUT2D eigenvalue weighted by atomic mass is 16.7. The van der Waals surface area contributed by atoms with Crippen molar-refractivity contribution in [1.82, 2.24) is 5.32 Å². The van der Waals surface area contributed by atoms with Crippen molar-refractivity contribution in [3.8, 4) is 39.9 Å². The minimum Gasteiger partial charge on any atom is -0.493 e. The van der Waals surface area contributed by atoms with Gasteiger partial charge < -0.3 is 39.6 Å². The van der Waals surface area contributed by atoms with Crippen molar-refractivity contribution in [3.05, 3.63) is 63.8 Å². The molecule has 3 N–H and O–H groups in total. The second-order valence-electron chi connectivity index (χ2n) is 10.9. The molecule has 5 rings (SSSR count). The molecule has 0 fully saturated rings. The van der Waals surface area contributed by atoms with Crippen LogP contribution in [0.4, 0.5) is 11.4 Å². The van der Waals surface area contributed by atoms with Crippen LogP contribution in [0, 0.1) is 0 Å². The normalized spacial score (nSPS) is 14.4. The lowest BCUT2D eigenvalue weighted by Gasteiger charge is -2.19. The first-order valence-electron chi connectivity index (χ1n) is 15.0. The molecule has 2 amide bonds. The van der Waals surface area contributed by atoms with Gasteiger partial charge in [-0.2, -0.15) is 0 Å². The van der Waals surface area contributed by atoms with Gasteiger partial charge in [0.1, 0.15) is 0 Å². The summed E-state index contributed by atoms with van der Waals surface area (Å²) < 4.78 is 27.7. The van der Waals surface area contributed by atoms with E-state index >= 15 is 0 Å². The van der Waals surface area contributed by atoms with E-state index in [-0.39, 0.29) is 30.1 Å². The number of benzene rings is 2. The summed E-state index contributed by atoms with van der Waals surface area (Å²) in [5, 5.41) is 9.19. The van der Waals surface area contributed by atoms with Crippen LogP contribution in [0.25, 0.3) is 11.1 Å². The molecule has 3 aromatic rings. The van der Waals surface area contributed by atoms with Gasteiger partial charge in [-0.3, -0.25) is 14.4 Å². The molecule has 0 radical (unpaired) electrons. The van der Waals surface area contributed by atoms with Gasteiger partial charge in [-0.15, -0.1) is 0 Å². The molecule has 11 heteroatoms. The summed E-state index contributed by atoms with van der Waals surface area (Å²) in [5.41, 5.74) is 4.19. The quantitative estimate of drug-likeness (QED) is 0.235. The van der Waals surface area contributed by atoms with Crippen LogP contribution in [0.1, 0.15) is 56.2 Å². The topological polar surface area (TPSA) is 133 Å². The SMILES string of the molecule is COc1cc2c(c(OC)c1OC)-c1ccc(NCCCCCC(=O)Nc3ccc4c(c3)OCO4)c(=O)cc1[C@@H](NC(C)=O)CC2. The lowest BCUT2D eigenvalue weighted by Crippen LogP contribution is -2.26. The molecule has 0 aromatic heterocycles. The van der Waals surface area contributed by atoms with Gasteiger partial charge in [0.25, 0.3) is 0 Å². The van der Waals surface area contributed by atoms with Crippen molar-refractivity contribution in [2.24, 2.45) is 0 Å². The molecule has 1 aliphatic carbocycles. The standard InChI is InChI=1S/C34H39N3O8/c1-20(38)36-25-12-9-21-16-30(41-2)33(42-3)34(43-4)32(21)23-11-13-26(27(39)18-24(23)25)35-15-7-5-6-8-31(40)37-22-10-14-28-29(17-22)45-19-44-28/h10-11,13-14,16-18,25H,5-9,12,15,19H2,1-4H3,(H,35,39)(H,36,38)(H,37,40)/t25-/m0/s1. The van der Waals surface area contributed by atoms with Crippen molar-refractivity contribution in [2.75, 3.05) is 45.3 Å². The molecule has 0 saturated heterocycles. The molecule has 0 saturated carbocycles. The summed E-state index contributed by atoms with van der Waals surface area (Å²) in [4.78, 5) is 38.0. The maximum absolute atomic E-state index is 13.5. The Morgan fingerprint density at radius 2 is 1.71 bits per heavy atom. The van der Waals surface area contributed by atoms with Crippen LogP contribution in [0.2, 0.25) is 0 Å². The van der Waals surface area contributed by atoms with Crippen LogP contribution >= 0.6 is 0 Å². The Morgan fingerprint density at radius 3 is 2.47 bits per heavy atom. The zero-order valence-corrected chi connectivity index (χ0v) is 26.0. The Hall–Kier alpha value is -4.93. The summed E-state index contributed by atoms with van der Waals surface area (Å²) in [6, 6.07) is 12.1. The molecule has 11 nitrogen and oxygen atoms in total. The molecule has 0 unspecified atom stereocenters. The first-order valence-corrected chi connectivity index (χ1v) is 15.0. The van der Waals surface area contributed by atoms with Crippen LogP contribution in [0.5, 0.6) is 28.7 Å². The van der Waals surface area contributed by atoms with Crippen LogP contribution in [0.3, 0.4) is 0 Å². The van der Waals surface area contributed by atoms with Crippen LogP contribution in [0.15, 0.2) is 47.3 Å². The molecular weight excluding hydrogens is 578 g/mol. The highest BCUT2D eigenvalue weighted by Gasteiger charge is 2.29. The molecule has 1 atom stereocenters. The highest BCUT2D eigenvalue weighted by molar-refractivity contribution is 5.91. The van der Waals surface area contributed by atoms with Crippen molar-refractivity contribution < 1.29 is 33.3 Å². The van der Waals surface area contributed by atoms with E-state index in [1.54, 1.807) is 51.7 Å². The molecule has 0 bridgehead atoms. The minimum absolute atomic E-state index is 0.0704. The minimum atomic E-state index is -0.372. The number of anilines is 2. The van der Waals surface area contributed by atoms with Crippen LogP contribution in [-0.4, -0.2) is 46.5 Å². The van der Waals surface area contributed by atoms with E-state index in [1.807, 2.05) is 12.1 Å². The number of methoxy groups -OCH3 is 3. The first kappa shape index (κ1) is 31.5. The number of hydrogen-bond donors (Lipinski definition) is 3. The molecule has 1 heterocycles. The number of hydrogen-bond acceptors (Lipinski definition) is 9. The van der Waals surface area contributed by atoms with Crippen molar-refractivity contribution >= 4 is 23.2 Å². The summed E-state index contributed by atoms with van der Waals surface area (Å²) in [7, 11) is 4.70. The van der Waals surface area contributed by atoms with E-state index in [0.717, 1.165) is 29.5 Å². The first-order chi connectivity index (χ1) is 21.8. The fourth-order valence-electron chi connectivity index (χ4n) is 5.86. The van der Waals surface area contributed by atoms with Gasteiger partial charge in [0.05, 0.1) is 33.1 Å². The Kier molecular flexibility index (Phi) is 9.96. The molecule has 238 valence electrons. The fraction of sp³-hybridized carbons (Fsp3) is 0.382. The third kappa shape index (κ3) is 7.08. The summed E-state index contributed by atoms with van der Waals surface area (Å²) in [6.45, 7) is 2.22. The molecule has 1 aliphatic heterocycles. The lowest BCUT2D eigenvalue weighted by molar-refractivity contribution is -0.119. The Morgan fingerprint density at radius 1 is 0.911 bits per heavy atom. The Bertz CT molecular complexity index is 1640. The number of carbonyl (C=O) groups excluding carboxylic acids is 2. The molecule has 3 aromatic carbocycles. The third-order valence-corrected chi connectivity index (χ3v) is 7.97. The van der Waals surface area contributed by atoms with E-state index in [0.29, 0.717) is 77.9 Å². The van der Waals surface area contributed by atoms with Gasteiger partial charge in [0.15, 0.2) is 23.0 Å². The van der Waals surface area contributed by atoms with Gasteiger partial charge in [-0.05, 0) is 72.7 Å². The maximum Gasteiger partial charge on any atom is 0.231 e. The number of rotatable bonds is 12. The lowest BCUT2D eigenvalue weighted by atomic mass is 9.95. The Labute approximate surface area is 262 Å². The van der Waals surface area contributed by atoms with Crippen molar-refractivity contribution in [2.45, 2.75) is 51.5 Å². The second kappa shape index (κ2) is 14.2. The number of aryl methyl sites for hydroxylation is 1. The second-order valence-corrected chi connectivity index (χ2v) is 10.9.